The lowest BCUT2D eigenvalue weighted by molar-refractivity contribution is -0.121. The third-order valence-electron chi connectivity index (χ3n) is 4.77. The van der Waals surface area contributed by atoms with Crippen LogP contribution in [0.3, 0.4) is 0 Å². The van der Waals surface area contributed by atoms with E-state index in [2.05, 4.69) is 17.3 Å². The van der Waals surface area contributed by atoms with Gasteiger partial charge in [0.2, 0.25) is 5.91 Å². The third kappa shape index (κ3) is 5.22. The summed E-state index contributed by atoms with van der Waals surface area (Å²) >= 11 is 0. The summed E-state index contributed by atoms with van der Waals surface area (Å²) in [6.45, 7) is 2.16. The van der Waals surface area contributed by atoms with Crippen molar-refractivity contribution < 1.29 is 9.53 Å². The number of unbranched alkanes of at least 4 members (excludes halogenated alkanes) is 1. The van der Waals surface area contributed by atoms with Crippen LogP contribution < -0.4 is 10.1 Å². The fourth-order valence-corrected chi connectivity index (χ4v) is 3.19. The van der Waals surface area contributed by atoms with Gasteiger partial charge in [-0.15, -0.1) is 0 Å². The summed E-state index contributed by atoms with van der Waals surface area (Å²) in [5, 5.41) is 7.42. The Kier molecular flexibility index (Phi) is 6.84. The molecule has 0 aliphatic rings. The number of benzene rings is 2. The van der Waals surface area contributed by atoms with E-state index in [0.29, 0.717) is 6.42 Å². The smallest absolute Gasteiger partial charge is 0.224 e. The second kappa shape index (κ2) is 9.74. The summed E-state index contributed by atoms with van der Waals surface area (Å²) in [4.78, 5) is 12.6. The molecule has 0 fully saturated rings. The second-order valence-corrected chi connectivity index (χ2v) is 6.83. The molecule has 1 heterocycles. The number of ether oxygens (including phenoxy) is 1. The van der Waals surface area contributed by atoms with Gasteiger partial charge in [-0.05, 0) is 47.9 Å². The summed E-state index contributed by atoms with van der Waals surface area (Å²) in [6.07, 6.45) is 7.09. The minimum absolute atomic E-state index is 0.0155. The van der Waals surface area contributed by atoms with E-state index in [0.717, 1.165) is 41.8 Å². The van der Waals surface area contributed by atoms with Crippen molar-refractivity contribution in [3.05, 3.63) is 78.1 Å². The number of aromatic nitrogens is 2. The van der Waals surface area contributed by atoms with Crippen LogP contribution in [-0.2, 0) is 11.2 Å². The Morgan fingerprint density at radius 1 is 1.14 bits per heavy atom. The molecule has 1 aromatic heterocycles. The Labute approximate surface area is 166 Å². The molecule has 1 atom stereocenters. The molecular formula is C23H27N3O2. The molecule has 0 radical (unpaired) electrons. The molecule has 1 N–H and O–H groups in total. The Hall–Kier alpha value is -3.08. The van der Waals surface area contributed by atoms with Gasteiger partial charge in [0.05, 0.1) is 25.3 Å². The predicted molar refractivity (Wildman–Crippen MR) is 111 cm³/mol. The Morgan fingerprint density at radius 3 is 2.50 bits per heavy atom. The number of nitrogens with zero attached hydrogens (tertiary/aromatic N) is 2. The number of carbonyl (C=O) groups is 1. The molecule has 3 aromatic rings. The zero-order valence-electron chi connectivity index (χ0n) is 16.5. The number of carbonyl (C=O) groups excluding carboxylic acids is 1. The van der Waals surface area contributed by atoms with Gasteiger partial charge in [0.15, 0.2) is 0 Å². The standard InChI is InChI=1S/C23H27N3O2/c1-3-4-6-22(19-9-13-21(28-2)14-10-19)25-23(27)17-18-7-11-20(12-8-18)26-16-5-15-24-26/h5,7-16,22H,3-4,6,17H2,1-2H3,(H,25,27). The van der Waals surface area contributed by atoms with Gasteiger partial charge >= 0.3 is 0 Å². The molecule has 0 saturated carbocycles. The third-order valence-corrected chi connectivity index (χ3v) is 4.77. The predicted octanol–water partition coefficient (Wildman–Crippen LogP) is 4.47. The van der Waals surface area contributed by atoms with Gasteiger partial charge in [-0.2, -0.15) is 5.10 Å². The summed E-state index contributed by atoms with van der Waals surface area (Å²) in [5.74, 6) is 0.852. The lowest BCUT2D eigenvalue weighted by Crippen LogP contribution is -2.29. The molecule has 1 unspecified atom stereocenters. The van der Waals surface area contributed by atoms with Gasteiger partial charge in [0.25, 0.3) is 0 Å². The summed E-state index contributed by atoms with van der Waals surface area (Å²) < 4.78 is 7.03. The molecule has 5 nitrogen and oxygen atoms in total. The van der Waals surface area contributed by atoms with Gasteiger partial charge in [-0.25, -0.2) is 4.68 Å². The average Bonchev–Trinajstić information content (AvgIpc) is 3.26. The number of rotatable bonds is 9. The fourth-order valence-electron chi connectivity index (χ4n) is 3.19. The van der Waals surface area contributed by atoms with Crippen LogP contribution in [0.25, 0.3) is 5.69 Å². The van der Waals surface area contributed by atoms with Crippen molar-refractivity contribution in [2.45, 2.75) is 38.6 Å². The molecule has 146 valence electrons. The first kappa shape index (κ1) is 19.7. The van der Waals surface area contributed by atoms with Crippen molar-refractivity contribution in [1.82, 2.24) is 15.1 Å². The van der Waals surface area contributed by atoms with Crippen LogP contribution >= 0.6 is 0 Å². The molecular weight excluding hydrogens is 350 g/mol. The average molecular weight is 377 g/mol. The van der Waals surface area contributed by atoms with Gasteiger partial charge in [-0.1, -0.05) is 44.0 Å². The van der Waals surface area contributed by atoms with Gasteiger partial charge in [0.1, 0.15) is 5.75 Å². The van der Waals surface area contributed by atoms with E-state index in [1.165, 1.54) is 0 Å². The zero-order chi connectivity index (χ0) is 19.8. The highest BCUT2D eigenvalue weighted by Gasteiger charge is 2.15. The van der Waals surface area contributed by atoms with Crippen LogP contribution in [0.15, 0.2) is 67.0 Å². The number of hydrogen-bond donors (Lipinski definition) is 1. The van der Waals surface area contributed by atoms with Crippen LogP contribution in [-0.4, -0.2) is 22.8 Å². The number of nitrogens with one attached hydrogen (secondary N) is 1. The largest absolute Gasteiger partial charge is 0.497 e. The molecule has 0 aliphatic heterocycles. The highest BCUT2D eigenvalue weighted by atomic mass is 16.5. The summed E-state index contributed by atoms with van der Waals surface area (Å²) in [7, 11) is 1.66. The van der Waals surface area contributed by atoms with Crippen molar-refractivity contribution in [1.29, 1.82) is 0 Å². The summed E-state index contributed by atoms with van der Waals surface area (Å²) in [6, 6.07) is 17.7. The maximum atomic E-state index is 12.6. The van der Waals surface area contributed by atoms with E-state index in [9.17, 15) is 4.79 Å². The van der Waals surface area contributed by atoms with Crippen molar-refractivity contribution in [2.24, 2.45) is 0 Å². The molecule has 1 amide bonds. The molecule has 2 aromatic carbocycles. The molecule has 5 heteroatoms. The highest BCUT2D eigenvalue weighted by molar-refractivity contribution is 5.79. The zero-order valence-corrected chi connectivity index (χ0v) is 16.5. The Morgan fingerprint density at radius 2 is 1.89 bits per heavy atom. The first-order chi connectivity index (χ1) is 13.7. The molecule has 0 spiro atoms. The van der Waals surface area contributed by atoms with Crippen LogP contribution in [0.4, 0.5) is 0 Å². The quantitative estimate of drug-likeness (QED) is 0.598. The lowest BCUT2D eigenvalue weighted by atomic mass is 10.0. The first-order valence-corrected chi connectivity index (χ1v) is 9.72. The first-order valence-electron chi connectivity index (χ1n) is 9.72. The lowest BCUT2D eigenvalue weighted by Gasteiger charge is -2.19. The second-order valence-electron chi connectivity index (χ2n) is 6.83. The number of amides is 1. The van der Waals surface area contributed by atoms with E-state index < -0.39 is 0 Å². The molecule has 0 saturated heterocycles. The SMILES string of the molecule is CCCCC(NC(=O)Cc1ccc(-n2cccn2)cc1)c1ccc(OC)cc1. The van der Waals surface area contributed by atoms with Crippen molar-refractivity contribution >= 4 is 5.91 Å². The van der Waals surface area contributed by atoms with Crippen molar-refractivity contribution in [3.63, 3.8) is 0 Å². The van der Waals surface area contributed by atoms with Crippen LogP contribution in [0.5, 0.6) is 5.75 Å². The summed E-state index contributed by atoms with van der Waals surface area (Å²) in [5.41, 5.74) is 3.07. The van der Waals surface area contributed by atoms with Crippen molar-refractivity contribution in [3.8, 4) is 11.4 Å². The van der Waals surface area contributed by atoms with E-state index in [1.807, 2.05) is 60.8 Å². The molecule has 3 rings (SSSR count). The minimum atomic E-state index is 0.0155. The molecule has 28 heavy (non-hydrogen) atoms. The van der Waals surface area contributed by atoms with Crippen molar-refractivity contribution in [2.75, 3.05) is 7.11 Å². The van der Waals surface area contributed by atoms with Crippen LogP contribution in [0.2, 0.25) is 0 Å². The molecule has 0 bridgehead atoms. The highest BCUT2D eigenvalue weighted by Crippen LogP contribution is 2.22. The van der Waals surface area contributed by atoms with E-state index in [-0.39, 0.29) is 11.9 Å². The monoisotopic (exact) mass is 377 g/mol. The van der Waals surface area contributed by atoms with E-state index in [4.69, 9.17) is 4.74 Å². The van der Waals surface area contributed by atoms with Crippen LogP contribution in [0, 0.1) is 0 Å². The maximum absolute atomic E-state index is 12.6. The Bertz CT molecular complexity index is 856. The van der Waals surface area contributed by atoms with Gasteiger partial charge < -0.3 is 10.1 Å². The molecule has 0 aliphatic carbocycles. The van der Waals surface area contributed by atoms with Gasteiger partial charge in [-0.3, -0.25) is 4.79 Å². The van der Waals surface area contributed by atoms with Crippen LogP contribution in [0.1, 0.15) is 43.4 Å². The maximum Gasteiger partial charge on any atom is 0.224 e. The fraction of sp³-hybridized carbons (Fsp3) is 0.304. The number of methoxy groups -OCH3 is 1. The normalized spacial score (nSPS) is 11.8. The topological polar surface area (TPSA) is 56.2 Å². The number of hydrogen-bond acceptors (Lipinski definition) is 3. The Balaban J connectivity index is 1.64. The van der Waals surface area contributed by atoms with Gasteiger partial charge in [0, 0.05) is 12.4 Å². The van der Waals surface area contributed by atoms with E-state index in [1.54, 1.807) is 18.0 Å². The van der Waals surface area contributed by atoms with E-state index >= 15 is 0 Å². The minimum Gasteiger partial charge on any atom is -0.497 e.